The minimum Gasteiger partial charge on any atom is -0.303 e. The molecule has 3 heteroatoms. The van der Waals surface area contributed by atoms with E-state index in [9.17, 15) is 5.26 Å². The zero-order chi connectivity index (χ0) is 12.0. The van der Waals surface area contributed by atoms with Gasteiger partial charge in [0.05, 0.1) is 6.07 Å². The van der Waals surface area contributed by atoms with Gasteiger partial charge in [0.1, 0.15) is 5.54 Å². The van der Waals surface area contributed by atoms with Crippen LogP contribution in [-0.4, -0.2) is 37.1 Å². The third-order valence-electron chi connectivity index (χ3n) is 3.99. The number of unbranched alkanes of at least 4 members (excludes halogenated alkanes) is 1. The Morgan fingerprint density at radius 1 is 1.44 bits per heavy atom. The van der Waals surface area contributed by atoms with Gasteiger partial charge in [0.2, 0.25) is 0 Å². The predicted molar refractivity (Wildman–Crippen MR) is 67.2 cm³/mol. The fraction of sp³-hybridized carbons (Fsp3) is 0.923. The fourth-order valence-corrected chi connectivity index (χ4v) is 2.54. The zero-order valence-electron chi connectivity index (χ0n) is 10.9. The van der Waals surface area contributed by atoms with Gasteiger partial charge in [-0.25, -0.2) is 0 Å². The van der Waals surface area contributed by atoms with Crippen molar-refractivity contribution in [1.29, 1.82) is 5.26 Å². The summed E-state index contributed by atoms with van der Waals surface area (Å²) in [5.74, 6) is 0. The average Bonchev–Trinajstić information content (AvgIpc) is 2.36. The molecule has 0 heterocycles. The maximum atomic E-state index is 9.18. The summed E-state index contributed by atoms with van der Waals surface area (Å²) in [5.41, 5.74) is -0.248. The molecule has 0 aromatic rings. The molecule has 0 aliphatic heterocycles. The number of nitriles is 1. The summed E-state index contributed by atoms with van der Waals surface area (Å²) < 4.78 is 0. The molecule has 92 valence electrons. The smallest absolute Gasteiger partial charge is 0.106 e. The number of hydrogen-bond donors (Lipinski definition) is 1. The van der Waals surface area contributed by atoms with Gasteiger partial charge in [-0.2, -0.15) is 5.26 Å². The van der Waals surface area contributed by atoms with Crippen LogP contribution >= 0.6 is 0 Å². The first kappa shape index (κ1) is 13.5. The van der Waals surface area contributed by atoms with E-state index < -0.39 is 0 Å². The molecule has 1 aliphatic carbocycles. The van der Waals surface area contributed by atoms with Crippen molar-refractivity contribution in [1.82, 2.24) is 10.2 Å². The molecule has 0 aromatic carbocycles. The first-order valence-corrected chi connectivity index (χ1v) is 6.48. The Labute approximate surface area is 99.8 Å². The standard InChI is InChI=1S/C13H25N3/c1-4-5-10-16(3)12-6-8-13(11-14,15-2)9-7-12/h12,15H,4-10H2,1-3H3. The Hall–Kier alpha value is -0.590. The van der Waals surface area contributed by atoms with Crippen molar-refractivity contribution in [2.24, 2.45) is 0 Å². The second-order valence-corrected chi connectivity index (χ2v) is 5.01. The van der Waals surface area contributed by atoms with Gasteiger partial charge >= 0.3 is 0 Å². The highest BCUT2D eigenvalue weighted by atomic mass is 15.1. The van der Waals surface area contributed by atoms with Crippen LogP contribution in [0.1, 0.15) is 45.4 Å². The van der Waals surface area contributed by atoms with E-state index in [-0.39, 0.29) is 5.54 Å². The molecule has 1 N–H and O–H groups in total. The molecule has 3 nitrogen and oxygen atoms in total. The molecule has 1 rings (SSSR count). The lowest BCUT2D eigenvalue weighted by Gasteiger charge is -2.38. The average molecular weight is 223 g/mol. The fourth-order valence-electron chi connectivity index (χ4n) is 2.54. The Kier molecular flexibility index (Phi) is 5.24. The monoisotopic (exact) mass is 223 g/mol. The van der Waals surface area contributed by atoms with E-state index in [4.69, 9.17) is 0 Å². The summed E-state index contributed by atoms with van der Waals surface area (Å²) in [4.78, 5) is 2.47. The molecule has 0 radical (unpaired) electrons. The molecule has 1 saturated carbocycles. The zero-order valence-corrected chi connectivity index (χ0v) is 10.9. The van der Waals surface area contributed by atoms with Gasteiger partial charge in [-0.15, -0.1) is 0 Å². The minimum absolute atomic E-state index is 0.248. The van der Waals surface area contributed by atoms with Gasteiger partial charge in [0.25, 0.3) is 0 Å². The first-order valence-electron chi connectivity index (χ1n) is 6.48. The highest BCUT2D eigenvalue weighted by molar-refractivity contribution is 5.09. The molecule has 0 atom stereocenters. The van der Waals surface area contributed by atoms with Gasteiger partial charge in [-0.3, -0.25) is 0 Å². The van der Waals surface area contributed by atoms with Gasteiger partial charge in [0.15, 0.2) is 0 Å². The molecular weight excluding hydrogens is 198 g/mol. The van der Waals surface area contributed by atoms with E-state index in [1.54, 1.807) is 0 Å². The second-order valence-electron chi connectivity index (χ2n) is 5.01. The Morgan fingerprint density at radius 3 is 2.50 bits per heavy atom. The maximum absolute atomic E-state index is 9.18. The van der Waals surface area contributed by atoms with Crippen LogP contribution in [0.15, 0.2) is 0 Å². The van der Waals surface area contributed by atoms with Crippen LogP contribution < -0.4 is 5.32 Å². The summed E-state index contributed by atoms with van der Waals surface area (Å²) in [5, 5.41) is 12.4. The molecular formula is C13H25N3. The van der Waals surface area contributed by atoms with Crippen molar-refractivity contribution in [3.05, 3.63) is 0 Å². The minimum atomic E-state index is -0.248. The lowest BCUT2D eigenvalue weighted by atomic mass is 9.80. The first-order chi connectivity index (χ1) is 7.67. The second kappa shape index (κ2) is 6.22. The van der Waals surface area contributed by atoms with E-state index >= 15 is 0 Å². The largest absolute Gasteiger partial charge is 0.303 e. The number of rotatable bonds is 5. The third-order valence-corrected chi connectivity index (χ3v) is 3.99. The summed E-state index contributed by atoms with van der Waals surface area (Å²) in [6.45, 7) is 3.43. The lowest BCUT2D eigenvalue weighted by Crippen LogP contribution is -2.48. The lowest BCUT2D eigenvalue weighted by molar-refractivity contribution is 0.156. The van der Waals surface area contributed by atoms with Crippen LogP contribution in [-0.2, 0) is 0 Å². The summed E-state index contributed by atoms with van der Waals surface area (Å²) >= 11 is 0. The molecule has 0 saturated heterocycles. The summed E-state index contributed by atoms with van der Waals surface area (Å²) in [6.07, 6.45) is 6.81. The van der Waals surface area contributed by atoms with Crippen molar-refractivity contribution in [2.75, 3.05) is 20.6 Å². The van der Waals surface area contributed by atoms with Gasteiger partial charge in [-0.1, -0.05) is 13.3 Å². The maximum Gasteiger partial charge on any atom is 0.106 e. The van der Waals surface area contributed by atoms with E-state index in [2.05, 4.69) is 30.3 Å². The molecule has 0 amide bonds. The van der Waals surface area contributed by atoms with E-state index in [0.29, 0.717) is 6.04 Å². The number of hydrogen-bond acceptors (Lipinski definition) is 3. The van der Waals surface area contributed by atoms with Gasteiger partial charge in [-0.05, 0) is 52.7 Å². The Morgan fingerprint density at radius 2 is 2.06 bits per heavy atom. The van der Waals surface area contributed by atoms with Crippen LogP contribution in [0, 0.1) is 11.3 Å². The predicted octanol–water partition coefficient (Wildman–Crippen LogP) is 2.14. The number of nitrogens with zero attached hydrogens (tertiary/aromatic N) is 2. The van der Waals surface area contributed by atoms with E-state index in [1.165, 1.54) is 19.4 Å². The Bertz CT molecular complexity index is 236. The van der Waals surface area contributed by atoms with Crippen molar-refractivity contribution < 1.29 is 0 Å². The van der Waals surface area contributed by atoms with Crippen LogP contribution in [0.3, 0.4) is 0 Å². The highest BCUT2D eigenvalue weighted by Crippen LogP contribution is 2.29. The van der Waals surface area contributed by atoms with Crippen LogP contribution in [0.25, 0.3) is 0 Å². The van der Waals surface area contributed by atoms with Crippen molar-refractivity contribution in [3.63, 3.8) is 0 Å². The molecule has 0 aromatic heterocycles. The summed E-state index contributed by atoms with van der Waals surface area (Å²) in [6, 6.07) is 3.12. The highest BCUT2D eigenvalue weighted by Gasteiger charge is 2.34. The topological polar surface area (TPSA) is 39.1 Å². The van der Waals surface area contributed by atoms with Crippen molar-refractivity contribution >= 4 is 0 Å². The van der Waals surface area contributed by atoms with Crippen LogP contribution in [0.5, 0.6) is 0 Å². The van der Waals surface area contributed by atoms with Gasteiger partial charge in [0, 0.05) is 6.04 Å². The van der Waals surface area contributed by atoms with Gasteiger partial charge < -0.3 is 10.2 Å². The third kappa shape index (κ3) is 3.20. The Balaban J connectivity index is 2.39. The van der Waals surface area contributed by atoms with Crippen LogP contribution in [0.2, 0.25) is 0 Å². The number of nitrogens with one attached hydrogen (secondary N) is 1. The van der Waals surface area contributed by atoms with Crippen molar-refractivity contribution in [2.45, 2.75) is 57.0 Å². The molecule has 0 unspecified atom stereocenters. The molecule has 16 heavy (non-hydrogen) atoms. The molecule has 0 bridgehead atoms. The molecule has 0 spiro atoms. The van der Waals surface area contributed by atoms with Crippen molar-refractivity contribution in [3.8, 4) is 6.07 Å². The van der Waals surface area contributed by atoms with Crippen LogP contribution in [0.4, 0.5) is 0 Å². The van der Waals surface area contributed by atoms with E-state index in [0.717, 1.165) is 25.7 Å². The summed E-state index contributed by atoms with van der Waals surface area (Å²) in [7, 11) is 4.13. The molecule has 1 aliphatic rings. The normalized spacial score (nSPS) is 30.3. The van der Waals surface area contributed by atoms with E-state index in [1.807, 2.05) is 7.05 Å². The quantitative estimate of drug-likeness (QED) is 0.776. The SMILES string of the molecule is CCCCN(C)C1CCC(C#N)(NC)CC1. The molecule has 1 fully saturated rings.